The van der Waals surface area contributed by atoms with Crippen molar-refractivity contribution in [3.05, 3.63) is 58.8 Å². The molecule has 2 N–H and O–H groups in total. The van der Waals surface area contributed by atoms with Gasteiger partial charge in [0, 0.05) is 23.9 Å². The first kappa shape index (κ1) is 17.1. The van der Waals surface area contributed by atoms with Gasteiger partial charge < -0.3 is 10.1 Å². The van der Waals surface area contributed by atoms with Crippen molar-refractivity contribution in [2.45, 2.75) is 38.2 Å². The van der Waals surface area contributed by atoms with Gasteiger partial charge >= 0.3 is 0 Å². The third-order valence-electron chi connectivity index (χ3n) is 5.31. The highest BCUT2D eigenvalue weighted by Crippen LogP contribution is 2.30. The smallest absolute Gasteiger partial charge is 0.277 e. The van der Waals surface area contributed by atoms with E-state index >= 15 is 0 Å². The molecule has 1 fully saturated rings. The Morgan fingerprint density at radius 1 is 1.29 bits per heavy atom. The van der Waals surface area contributed by atoms with Crippen LogP contribution in [-0.2, 0) is 17.6 Å². The summed E-state index contributed by atoms with van der Waals surface area (Å²) >= 11 is 0. The molecule has 5 rings (SSSR count). The van der Waals surface area contributed by atoms with Gasteiger partial charge in [-0.25, -0.2) is 9.07 Å². The van der Waals surface area contributed by atoms with Crippen LogP contribution in [0.4, 0.5) is 10.2 Å². The van der Waals surface area contributed by atoms with E-state index in [1.807, 2.05) is 0 Å². The molecular weight excluding hydrogens is 361 g/mol. The number of fused-ring (bicyclic) bond motifs is 1. The Kier molecular flexibility index (Phi) is 4.20. The summed E-state index contributed by atoms with van der Waals surface area (Å²) in [5.41, 5.74) is 3.76. The minimum atomic E-state index is -0.330. The lowest BCUT2D eigenvalue weighted by Gasteiger charge is -2.05. The van der Waals surface area contributed by atoms with Crippen molar-refractivity contribution in [1.29, 1.82) is 0 Å². The number of rotatable bonds is 4. The van der Waals surface area contributed by atoms with Gasteiger partial charge in [-0.3, -0.25) is 9.89 Å². The standard InChI is InChI=1S/C20H20FN5O2/c21-12-4-1-5-13(10-12)26-16-7-2-6-14(16)19(25-26)20(27)22-18-11-15(23-24-18)17-8-3-9-28-17/h1,4-5,10-11,17H,2-3,6-9H2,(H2,22,23,24,27). The van der Waals surface area contributed by atoms with E-state index in [1.54, 1.807) is 22.9 Å². The summed E-state index contributed by atoms with van der Waals surface area (Å²) in [7, 11) is 0. The van der Waals surface area contributed by atoms with Crippen LogP contribution >= 0.6 is 0 Å². The van der Waals surface area contributed by atoms with E-state index in [2.05, 4.69) is 20.6 Å². The highest BCUT2D eigenvalue weighted by atomic mass is 19.1. The monoisotopic (exact) mass is 381 g/mol. The fourth-order valence-electron chi connectivity index (χ4n) is 4.01. The zero-order valence-corrected chi connectivity index (χ0v) is 15.2. The fraction of sp³-hybridized carbons (Fsp3) is 0.350. The van der Waals surface area contributed by atoms with Crippen molar-refractivity contribution < 1.29 is 13.9 Å². The molecule has 1 atom stereocenters. The van der Waals surface area contributed by atoms with E-state index in [9.17, 15) is 9.18 Å². The largest absolute Gasteiger partial charge is 0.372 e. The van der Waals surface area contributed by atoms with Gasteiger partial charge in [0.05, 0.1) is 17.5 Å². The third kappa shape index (κ3) is 2.99. The number of nitrogens with zero attached hydrogens (tertiary/aromatic N) is 3. The maximum Gasteiger partial charge on any atom is 0.277 e. The average molecular weight is 381 g/mol. The molecule has 0 radical (unpaired) electrons. The molecule has 0 bridgehead atoms. The van der Waals surface area contributed by atoms with Crippen LogP contribution in [0.25, 0.3) is 5.69 Å². The minimum Gasteiger partial charge on any atom is -0.372 e. The second-order valence-electron chi connectivity index (χ2n) is 7.18. The van der Waals surface area contributed by atoms with Gasteiger partial charge in [-0.05, 0) is 50.3 Å². The molecule has 7 nitrogen and oxygen atoms in total. The number of hydrogen-bond donors (Lipinski definition) is 2. The van der Waals surface area contributed by atoms with Crippen molar-refractivity contribution in [3.63, 3.8) is 0 Å². The number of aromatic nitrogens is 4. The number of aromatic amines is 1. The fourth-order valence-corrected chi connectivity index (χ4v) is 4.01. The first-order chi connectivity index (χ1) is 13.7. The van der Waals surface area contributed by atoms with E-state index in [4.69, 9.17) is 4.74 Å². The van der Waals surface area contributed by atoms with E-state index in [-0.39, 0.29) is 17.8 Å². The molecule has 3 heterocycles. The number of benzene rings is 1. The summed E-state index contributed by atoms with van der Waals surface area (Å²) in [4.78, 5) is 12.9. The van der Waals surface area contributed by atoms with Gasteiger partial charge in [-0.2, -0.15) is 10.2 Å². The van der Waals surface area contributed by atoms with Gasteiger partial charge in [0.25, 0.3) is 5.91 Å². The number of nitrogens with one attached hydrogen (secondary N) is 2. The van der Waals surface area contributed by atoms with Crippen molar-refractivity contribution in [1.82, 2.24) is 20.0 Å². The van der Waals surface area contributed by atoms with E-state index in [1.165, 1.54) is 12.1 Å². The molecule has 1 saturated heterocycles. The van der Waals surface area contributed by atoms with Crippen LogP contribution < -0.4 is 5.32 Å². The Balaban J connectivity index is 1.42. The first-order valence-corrected chi connectivity index (χ1v) is 9.54. The number of carbonyl (C=O) groups excluding carboxylic acids is 1. The number of anilines is 1. The quantitative estimate of drug-likeness (QED) is 0.726. The molecule has 0 saturated carbocycles. The van der Waals surface area contributed by atoms with Gasteiger partial charge in [-0.1, -0.05) is 6.07 Å². The van der Waals surface area contributed by atoms with Crippen LogP contribution in [0.3, 0.4) is 0 Å². The van der Waals surface area contributed by atoms with Crippen LogP contribution in [-0.4, -0.2) is 32.5 Å². The molecule has 0 spiro atoms. The summed E-state index contributed by atoms with van der Waals surface area (Å²) in [6.45, 7) is 0.745. The Bertz CT molecular complexity index is 1040. The molecule has 1 aliphatic carbocycles. The second kappa shape index (κ2) is 6.87. The van der Waals surface area contributed by atoms with E-state index < -0.39 is 0 Å². The highest BCUT2D eigenvalue weighted by Gasteiger charge is 2.28. The molecule has 28 heavy (non-hydrogen) atoms. The third-order valence-corrected chi connectivity index (χ3v) is 5.31. The lowest BCUT2D eigenvalue weighted by Crippen LogP contribution is -2.15. The van der Waals surface area contributed by atoms with E-state index in [0.717, 1.165) is 55.7 Å². The molecule has 144 valence electrons. The van der Waals surface area contributed by atoms with Crippen molar-refractivity contribution in [2.24, 2.45) is 0 Å². The number of ether oxygens (including phenoxy) is 1. The minimum absolute atomic E-state index is 0.00887. The number of H-pyrrole nitrogens is 1. The maximum atomic E-state index is 13.6. The lowest BCUT2D eigenvalue weighted by molar-refractivity contribution is 0.102. The SMILES string of the molecule is O=C(Nc1cc(C2CCCO2)[nH]n1)c1nn(-c2cccc(F)c2)c2c1CCC2. The molecule has 2 aromatic heterocycles. The predicted octanol–water partition coefficient (Wildman–Crippen LogP) is 3.33. The van der Waals surface area contributed by atoms with Crippen LogP contribution in [0.1, 0.15) is 52.8 Å². The van der Waals surface area contributed by atoms with Crippen LogP contribution in [0.15, 0.2) is 30.3 Å². The molecule has 8 heteroatoms. The summed E-state index contributed by atoms with van der Waals surface area (Å²) in [6.07, 6.45) is 4.53. The van der Waals surface area contributed by atoms with E-state index in [0.29, 0.717) is 17.2 Å². The maximum absolute atomic E-state index is 13.6. The molecule has 3 aromatic rings. The molecule has 1 aliphatic heterocycles. The van der Waals surface area contributed by atoms with Crippen molar-refractivity contribution in [3.8, 4) is 5.69 Å². The summed E-state index contributed by atoms with van der Waals surface area (Å²) < 4.78 is 21.0. The van der Waals surface area contributed by atoms with Gasteiger partial charge in [0.2, 0.25) is 0 Å². The number of amides is 1. The molecule has 1 unspecified atom stereocenters. The topological polar surface area (TPSA) is 84.8 Å². The Morgan fingerprint density at radius 3 is 3.04 bits per heavy atom. The number of carbonyl (C=O) groups is 1. The van der Waals surface area contributed by atoms with Gasteiger partial charge in [0.15, 0.2) is 11.5 Å². The second-order valence-corrected chi connectivity index (χ2v) is 7.18. The molecule has 2 aliphatic rings. The normalized spacial score (nSPS) is 18.4. The predicted molar refractivity (Wildman–Crippen MR) is 100 cm³/mol. The summed E-state index contributed by atoms with van der Waals surface area (Å²) in [6, 6.07) is 8.05. The average Bonchev–Trinajstić information content (AvgIpc) is 3.45. The summed E-state index contributed by atoms with van der Waals surface area (Å²) in [5.74, 6) is -0.190. The molecular formula is C20H20FN5O2. The van der Waals surface area contributed by atoms with Crippen LogP contribution in [0, 0.1) is 5.82 Å². The van der Waals surface area contributed by atoms with Gasteiger partial charge in [0.1, 0.15) is 5.82 Å². The van der Waals surface area contributed by atoms with Gasteiger partial charge in [-0.15, -0.1) is 0 Å². The molecule has 1 aromatic carbocycles. The Morgan fingerprint density at radius 2 is 2.21 bits per heavy atom. The first-order valence-electron chi connectivity index (χ1n) is 9.54. The molecule has 1 amide bonds. The zero-order chi connectivity index (χ0) is 19.1. The lowest BCUT2D eigenvalue weighted by atomic mass is 10.2. The number of hydrogen-bond acceptors (Lipinski definition) is 4. The van der Waals surface area contributed by atoms with Crippen LogP contribution in [0.2, 0.25) is 0 Å². The van der Waals surface area contributed by atoms with Crippen molar-refractivity contribution in [2.75, 3.05) is 11.9 Å². The Hall–Kier alpha value is -3.00. The Labute approximate surface area is 160 Å². The zero-order valence-electron chi connectivity index (χ0n) is 15.2. The summed E-state index contributed by atoms with van der Waals surface area (Å²) in [5, 5.41) is 14.4. The number of halogens is 1. The highest BCUT2D eigenvalue weighted by molar-refractivity contribution is 6.03. The van der Waals surface area contributed by atoms with Crippen molar-refractivity contribution >= 4 is 11.7 Å². The van der Waals surface area contributed by atoms with Crippen LogP contribution in [0.5, 0.6) is 0 Å².